The summed E-state index contributed by atoms with van der Waals surface area (Å²) in [5.41, 5.74) is 0.608. The topological polar surface area (TPSA) is 57.9 Å². The number of hydrogen-bond acceptors (Lipinski definition) is 4. The summed E-state index contributed by atoms with van der Waals surface area (Å²) in [7, 11) is 1.28. The van der Waals surface area contributed by atoms with E-state index in [4.69, 9.17) is 15.9 Å². The van der Waals surface area contributed by atoms with Crippen LogP contribution in [0.2, 0.25) is 0 Å². The van der Waals surface area contributed by atoms with Gasteiger partial charge in [-0.2, -0.15) is 5.26 Å². The van der Waals surface area contributed by atoms with Crippen molar-refractivity contribution >= 4 is 32.4 Å². The predicted molar refractivity (Wildman–Crippen MR) is 56.2 cm³/mol. The van der Waals surface area contributed by atoms with Gasteiger partial charge in [0.1, 0.15) is 11.0 Å². The van der Waals surface area contributed by atoms with Crippen molar-refractivity contribution in [1.29, 1.82) is 5.26 Å². The van der Waals surface area contributed by atoms with Gasteiger partial charge in [-0.25, -0.2) is 8.42 Å². The molecule has 0 saturated heterocycles. The molecule has 1 aromatic rings. The maximum Gasteiger partial charge on any atom is 0.262 e. The molecule has 1 rings (SSSR count). The van der Waals surface area contributed by atoms with E-state index >= 15 is 0 Å². The third-order valence-electron chi connectivity index (χ3n) is 1.66. The highest BCUT2D eigenvalue weighted by molar-refractivity contribution is 8.13. The summed E-state index contributed by atoms with van der Waals surface area (Å²) in [6.45, 7) is 1.63. The number of benzene rings is 1. The van der Waals surface area contributed by atoms with Crippen molar-refractivity contribution in [1.82, 2.24) is 0 Å². The van der Waals surface area contributed by atoms with Crippen molar-refractivity contribution in [3.8, 4) is 6.07 Å². The normalized spacial score (nSPS) is 11.0. The Bertz CT molecular complexity index is 517. The largest absolute Gasteiger partial charge is 0.262 e. The molecule has 0 fully saturated rings. The number of thiol groups is 1. The lowest BCUT2D eigenvalue weighted by molar-refractivity contribution is 0.609. The minimum Gasteiger partial charge on any atom is -0.207 e. The highest BCUT2D eigenvalue weighted by Gasteiger charge is 2.17. The van der Waals surface area contributed by atoms with Gasteiger partial charge in [0.2, 0.25) is 0 Å². The molecular weight excluding hydrogens is 242 g/mol. The van der Waals surface area contributed by atoms with E-state index in [2.05, 4.69) is 12.6 Å². The van der Waals surface area contributed by atoms with E-state index in [9.17, 15) is 8.42 Å². The molecule has 14 heavy (non-hydrogen) atoms. The quantitative estimate of drug-likeness (QED) is 0.611. The minimum atomic E-state index is -3.89. The first-order valence-corrected chi connectivity index (χ1v) is 6.30. The summed E-state index contributed by atoms with van der Waals surface area (Å²) >= 11 is 4.01. The Kier molecular flexibility index (Phi) is 3.10. The van der Waals surface area contributed by atoms with Crippen molar-refractivity contribution in [3.63, 3.8) is 0 Å². The maximum atomic E-state index is 11.1. The highest BCUT2D eigenvalue weighted by Crippen LogP contribution is 2.25. The zero-order valence-corrected chi connectivity index (χ0v) is 9.62. The summed E-state index contributed by atoms with van der Waals surface area (Å²) in [4.78, 5) is 0.271. The van der Waals surface area contributed by atoms with Crippen LogP contribution in [0, 0.1) is 18.3 Å². The van der Waals surface area contributed by atoms with Gasteiger partial charge in [-0.1, -0.05) is 0 Å². The van der Waals surface area contributed by atoms with E-state index in [0.29, 0.717) is 10.5 Å². The molecule has 0 amide bonds. The van der Waals surface area contributed by atoms with Crippen LogP contribution in [-0.2, 0) is 9.05 Å². The summed E-state index contributed by atoms with van der Waals surface area (Å²) < 4.78 is 22.2. The molecule has 1 aromatic carbocycles. The zero-order chi connectivity index (χ0) is 10.9. The second kappa shape index (κ2) is 3.81. The van der Waals surface area contributed by atoms with E-state index < -0.39 is 9.05 Å². The Hall–Kier alpha value is -0.700. The Morgan fingerprint density at radius 1 is 1.50 bits per heavy atom. The second-order valence-corrected chi connectivity index (χ2v) is 5.74. The Morgan fingerprint density at radius 3 is 2.50 bits per heavy atom. The predicted octanol–water partition coefficient (Wildman–Crippen LogP) is 2.08. The highest BCUT2D eigenvalue weighted by atomic mass is 35.7. The first-order chi connectivity index (χ1) is 6.36. The Balaban J connectivity index is 3.68. The van der Waals surface area contributed by atoms with Gasteiger partial charge < -0.3 is 0 Å². The molecule has 0 unspecified atom stereocenters. The summed E-state index contributed by atoms with van der Waals surface area (Å²) in [6, 6.07) is 4.67. The van der Waals surface area contributed by atoms with E-state index in [1.54, 1.807) is 19.1 Å². The molecule has 0 atom stereocenters. The molecule has 0 aliphatic heterocycles. The van der Waals surface area contributed by atoms with Crippen LogP contribution in [0.5, 0.6) is 0 Å². The van der Waals surface area contributed by atoms with Crippen molar-refractivity contribution in [2.24, 2.45) is 0 Å². The van der Waals surface area contributed by atoms with Crippen LogP contribution in [0.4, 0.5) is 0 Å². The monoisotopic (exact) mass is 247 g/mol. The number of nitrogens with zero attached hydrogens (tertiary/aromatic N) is 1. The molecule has 3 nitrogen and oxygen atoms in total. The lowest BCUT2D eigenvalue weighted by Crippen LogP contribution is -1.97. The average Bonchev–Trinajstić information content (AvgIpc) is 2.01. The molecule has 0 saturated carbocycles. The molecule has 0 bridgehead atoms. The number of hydrogen-bond donors (Lipinski definition) is 1. The fourth-order valence-electron chi connectivity index (χ4n) is 1.07. The van der Waals surface area contributed by atoms with Crippen molar-refractivity contribution in [3.05, 3.63) is 23.3 Å². The van der Waals surface area contributed by atoms with Gasteiger partial charge >= 0.3 is 0 Å². The molecular formula is C8H6ClNO2S2. The molecule has 0 aliphatic carbocycles. The summed E-state index contributed by atoms with van der Waals surface area (Å²) in [6.07, 6.45) is 0. The summed E-state index contributed by atoms with van der Waals surface area (Å²) in [5, 5.41) is 8.76. The fourth-order valence-corrected chi connectivity index (χ4v) is 2.57. The smallest absolute Gasteiger partial charge is 0.207 e. The lowest BCUT2D eigenvalue weighted by Gasteiger charge is -2.04. The first kappa shape index (κ1) is 11.4. The van der Waals surface area contributed by atoms with Crippen LogP contribution < -0.4 is 0 Å². The molecule has 0 aliphatic rings. The Labute approximate surface area is 92.1 Å². The standard InChI is InChI=1S/C8H6ClNO2S2/c1-5-2-6(13)3-8(7(5)4-10)14(9,11)12/h2-3,13H,1H3. The molecule has 74 valence electrons. The molecule has 0 spiro atoms. The van der Waals surface area contributed by atoms with Crippen LogP contribution in [0.3, 0.4) is 0 Å². The lowest BCUT2D eigenvalue weighted by atomic mass is 10.1. The van der Waals surface area contributed by atoms with Gasteiger partial charge in [-0.3, -0.25) is 0 Å². The van der Waals surface area contributed by atoms with Gasteiger partial charge in [-0.05, 0) is 24.6 Å². The summed E-state index contributed by atoms with van der Waals surface area (Å²) in [5.74, 6) is 0. The van der Waals surface area contributed by atoms with Crippen LogP contribution in [0.25, 0.3) is 0 Å². The fraction of sp³-hybridized carbons (Fsp3) is 0.125. The second-order valence-electron chi connectivity index (χ2n) is 2.69. The number of halogens is 1. The average molecular weight is 248 g/mol. The number of rotatable bonds is 1. The van der Waals surface area contributed by atoms with Crippen molar-refractivity contribution in [2.45, 2.75) is 16.7 Å². The SMILES string of the molecule is Cc1cc(S)cc(S(=O)(=O)Cl)c1C#N. The van der Waals surface area contributed by atoms with Gasteiger partial charge in [-0.15, -0.1) is 12.6 Å². The first-order valence-electron chi connectivity index (χ1n) is 3.54. The van der Waals surface area contributed by atoms with Crippen LogP contribution in [-0.4, -0.2) is 8.42 Å². The van der Waals surface area contributed by atoms with E-state index in [1.807, 2.05) is 0 Å². The van der Waals surface area contributed by atoms with Gasteiger partial charge in [0.15, 0.2) is 0 Å². The molecule has 0 radical (unpaired) electrons. The molecule has 0 aromatic heterocycles. The van der Waals surface area contributed by atoms with E-state index in [-0.39, 0.29) is 10.5 Å². The third-order valence-corrected chi connectivity index (χ3v) is 3.26. The third kappa shape index (κ3) is 2.21. The Morgan fingerprint density at radius 2 is 2.07 bits per heavy atom. The molecule has 0 heterocycles. The minimum absolute atomic E-state index is 0.0674. The van der Waals surface area contributed by atoms with Crippen LogP contribution in [0.1, 0.15) is 11.1 Å². The van der Waals surface area contributed by atoms with Gasteiger partial charge in [0, 0.05) is 15.6 Å². The van der Waals surface area contributed by atoms with Crippen LogP contribution >= 0.6 is 23.3 Å². The van der Waals surface area contributed by atoms with Crippen molar-refractivity contribution in [2.75, 3.05) is 0 Å². The van der Waals surface area contributed by atoms with E-state index in [1.165, 1.54) is 6.07 Å². The number of nitriles is 1. The maximum absolute atomic E-state index is 11.1. The molecule has 0 N–H and O–H groups in total. The van der Waals surface area contributed by atoms with Crippen LogP contribution in [0.15, 0.2) is 21.9 Å². The van der Waals surface area contributed by atoms with Crippen molar-refractivity contribution < 1.29 is 8.42 Å². The molecule has 6 heteroatoms. The van der Waals surface area contributed by atoms with Gasteiger partial charge in [0.05, 0.1) is 5.56 Å². The number of aryl methyl sites for hydroxylation is 1. The van der Waals surface area contributed by atoms with E-state index in [0.717, 1.165) is 0 Å². The van der Waals surface area contributed by atoms with Gasteiger partial charge in [0.25, 0.3) is 9.05 Å². The zero-order valence-electron chi connectivity index (χ0n) is 7.15.